The monoisotopic (exact) mass is 267 g/mol. The predicted octanol–water partition coefficient (Wildman–Crippen LogP) is 2.88. The van der Waals surface area contributed by atoms with Crippen LogP contribution in [-0.2, 0) is 9.47 Å². The third kappa shape index (κ3) is 3.71. The molecule has 2 heterocycles. The zero-order valence-corrected chi connectivity index (χ0v) is 12.2. The Morgan fingerprint density at radius 2 is 2.00 bits per heavy atom. The largest absolute Gasteiger partial charge is 0.379 e. The van der Waals surface area contributed by atoms with Gasteiger partial charge in [0.05, 0.1) is 18.3 Å². The average molecular weight is 267 g/mol. The highest BCUT2D eigenvalue weighted by Gasteiger charge is 2.42. The minimum absolute atomic E-state index is 0.265. The molecule has 0 aromatic heterocycles. The van der Waals surface area contributed by atoms with Crippen LogP contribution in [0.15, 0.2) is 0 Å². The summed E-state index contributed by atoms with van der Waals surface area (Å²) in [6, 6.07) is 0. The van der Waals surface area contributed by atoms with Crippen LogP contribution in [0.4, 0.5) is 0 Å². The lowest BCUT2D eigenvalue weighted by molar-refractivity contribution is -0.0691. The summed E-state index contributed by atoms with van der Waals surface area (Å²) in [4.78, 5) is 0. The number of rotatable bonds is 5. The second-order valence-corrected chi connectivity index (χ2v) is 6.74. The molecule has 0 aromatic rings. The summed E-state index contributed by atoms with van der Waals surface area (Å²) >= 11 is 0. The topological polar surface area (TPSA) is 30.5 Å². The minimum atomic E-state index is 0.265. The van der Waals surface area contributed by atoms with Crippen LogP contribution in [0.1, 0.15) is 57.8 Å². The van der Waals surface area contributed by atoms with E-state index in [1.165, 1.54) is 70.9 Å². The van der Waals surface area contributed by atoms with E-state index in [-0.39, 0.29) is 5.60 Å². The maximum Gasteiger partial charge on any atom is 0.0817 e. The van der Waals surface area contributed by atoms with Gasteiger partial charge in [-0.1, -0.05) is 12.8 Å². The van der Waals surface area contributed by atoms with Crippen LogP contribution in [0.3, 0.4) is 0 Å². The number of piperidine rings is 1. The lowest BCUT2D eigenvalue weighted by Crippen LogP contribution is -2.30. The van der Waals surface area contributed by atoms with Crippen LogP contribution in [-0.4, -0.2) is 38.0 Å². The second-order valence-electron chi connectivity index (χ2n) is 6.74. The van der Waals surface area contributed by atoms with Gasteiger partial charge in [-0.3, -0.25) is 0 Å². The highest BCUT2D eigenvalue weighted by molar-refractivity contribution is 4.92. The van der Waals surface area contributed by atoms with Gasteiger partial charge >= 0.3 is 0 Å². The molecule has 1 aliphatic carbocycles. The molecule has 19 heavy (non-hydrogen) atoms. The normalized spacial score (nSPS) is 34.1. The first-order valence-electron chi connectivity index (χ1n) is 8.33. The van der Waals surface area contributed by atoms with Crippen molar-refractivity contribution in [1.82, 2.24) is 5.32 Å². The molecule has 3 nitrogen and oxygen atoms in total. The molecule has 2 atom stereocenters. The predicted molar refractivity (Wildman–Crippen MR) is 76.3 cm³/mol. The van der Waals surface area contributed by atoms with Gasteiger partial charge in [0, 0.05) is 6.61 Å². The van der Waals surface area contributed by atoms with Gasteiger partial charge in [0.2, 0.25) is 0 Å². The third-order valence-electron chi connectivity index (χ3n) is 5.23. The number of ether oxygens (including phenoxy) is 2. The van der Waals surface area contributed by atoms with Gasteiger partial charge in [-0.15, -0.1) is 0 Å². The van der Waals surface area contributed by atoms with Crippen LogP contribution in [0, 0.1) is 5.92 Å². The fourth-order valence-corrected chi connectivity index (χ4v) is 4.04. The summed E-state index contributed by atoms with van der Waals surface area (Å²) in [7, 11) is 0. The Morgan fingerprint density at radius 1 is 1.11 bits per heavy atom. The summed E-state index contributed by atoms with van der Waals surface area (Å²) in [5.74, 6) is 0.833. The van der Waals surface area contributed by atoms with Gasteiger partial charge in [0.15, 0.2) is 0 Å². The third-order valence-corrected chi connectivity index (χ3v) is 5.23. The second kappa shape index (κ2) is 6.55. The van der Waals surface area contributed by atoms with Crippen molar-refractivity contribution in [2.45, 2.75) is 69.5 Å². The molecule has 3 fully saturated rings. The van der Waals surface area contributed by atoms with Crippen LogP contribution in [0.5, 0.6) is 0 Å². The van der Waals surface area contributed by atoms with E-state index in [9.17, 15) is 0 Å². The summed E-state index contributed by atoms with van der Waals surface area (Å²) in [5.41, 5.74) is 0.265. The van der Waals surface area contributed by atoms with Crippen molar-refractivity contribution in [3.8, 4) is 0 Å². The number of hydrogen-bond acceptors (Lipinski definition) is 3. The Balaban J connectivity index is 1.28. The zero-order valence-electron chi connectivity index (χ0n) is 12.2. The molecule has 0 radical (unpaired) electrons. The van der Waals surface area contributed by atoms with Crippen molar-refractivity contribution in [1.29, 1.82) is 0 Å². The van der Waals surface area contributed by atoms with E-state index in [4.69, 9.17) is 9.47 Å². The summed E-state index contributed by atoms with van der Waals surface area (Å²) < 4.78 is 12.1. The summed E-state index contributed by atoms with van der Waals surface area (Å²) in [6.45, 7) is 4.13. The van der Waals surface area contributed by atoms with E-state index < -0.39 is 0 Å². The average Bonchev–Trinajstić information content (AvgIpc) is 3.07. The quantitative estimate of drug-likeness (QED) is 0.777. The minimum Gasteiger partial charge on any atom is -0.379 e. The molecular formula is C16H29NO2. The molecule has 0 bridgehead atoms. The first-order chi connectivity index (χ1) is 9.36. The molecular weight excluding hydrogens is 238 g/mol. The molecule has 0 aromatic carbocycles. The Bertz CT molecular complexity index is 270. The van der Waals surface area contributed by atoms with Crippen LogP contribution < -0.4 is 5.32 Å². The molecule has 0 amide bonds. The van der Waals surface area contributed by atoms with Crippen molar-refractivity contribution < 1.29 is 9.47 Å². The van der Waals surface area contributed by atoms with E-state index in [0.717, 1.165) is 19.1 Å². The molecule has 1 saturated carbocycles. The van der Waals surface area contributed by atoms with E-state index in [0.29, 0.717) is 6.10 Å². The first-order valence-corrected chi connectivity index (χ1v) is 8.33. The Hall–Kier alpha value is -0.120. The maximum absolute atomic E-state index is 6.26. The van der Waals surface area contributed by atoms with Gasteiger partial charge in [-0.2, -0.15) is 0 Å². The molecule has 2 aliphatic heterocycles. The summed E-state index contributed by atoms with van der Waals surface area (Å²) in [5, 5.41) is 3.47. The van der Waals surface area contributed by atoms with Crippen LogP contribution in [0.25, 0.3) is 0 Å². The smallest absolute Gasteiger partial charge is 0.0817 e. The zero-order chi connectivity index (χ0) is 13.0. The maximum atomic E-state index is 6.26. The lowest BCUT2D eigenvalue weighted by atomic mass is 9.97. The van der Waals surface area contributed by atoms with E-state index >= 15 is 0 Å². The fourth-order valence-electron chi connectivity index (χ4n) is 4.04. The molecule has 3 aliphatic rings. The number of nitrogens with one attached hydrogen (secondary N) is 1. The van der Waals surface area contributed by atoms with Gasteiger partial charge < -0.3 is 14.8 Å². The number of hydrogen-bond donors (Lipinski definition) is 1. The molecule has 110 valence electrons. The van der Waals surface area contributed by atoms with Crippen molar-refractivity contribution >= 4 is 0 Å². The van der Waals surface area contributed by atoms with E-state index in [1.807, 2.05) is 0 Å². The van der Waals surface area contributed by atoms with Gasteiger partial charge in [-0.25, -0.2) is 0 Å². The Labute approximate surface area is 117 Å². The Kier molecular flexibility index (Phi) is 4.78. The highest BCUT2D eigenvalue weighted by Crippen LogP contribution is 2.43. The Morgan fingerprint density at radius 3 is 2.79 bits per heavy atom. The van der Waals surface area contributed by atoms with Crippen LogP contribution >= 0.6 is 0 Å². The van der Waals surface area contributed by atoms with Gasteiger partial charge in [0.25, 0.3) is 0 Å². The van der Waals surface area contributed by atoms with E-state index in [1.54, 1.807) is 0 Å². The summed E-state index contributed by atoms with van der Waals surface area (Å²) in [6.07, 6.45) is 12.1. The van der Waals surface area contributed by atoms with Crippen molar-refractivity contribution in [3.63, 3.8) is 0 Å². The molecule has 1 N–H and O–H groups in total. The highest BCUT2D eigenvalue weighted by atomic mass is 16.6. The van der Waals surface area contributed by atoms with Crippen molar-refractivity contribution in [3.05, 3.63) is 0 Å². The van der Waals surface area contributed by atoms with Crippen molar-refractivity contribution in [2.24, 2.45) is 5.92 Å². The standard InChI is InChI=1S/C16H29NO2/c1-2-8-16(7-1)9-5-15(19-16)13-18-11-6-14-4-3-10-17-12-14/h14-15,17H,1-13H2. The van der Waals surface area contributed by atoms with Gasteiger partial charge in [0.1, 0.15) is 0 Å². The van der Waals surface area contributed by atoms with E-state index in [2.05, 4.69) is 5.32 Å². The van der Waals surface area contributed by atoms with Crippen molar-refractivity contribution in [2.75, 3.05) is 26.3 Å². The fraction of sp³-hybridized carbons (Fsp3) is 1.00. The lowest BCUT2D eigenvalue weighted by Gasteiger charge is -2.24. The van der Waals surface area contributed by atoms with Crippen LogP contribution in [0.2, 0.25) is 0 Å². The molecule has 2 saturated heterocycles. The van der Waals surface area contributed by atoms with Gasteiger partial charge in [-0.05, 0) is 64.0 Å². The molecule has 3 rings (SSSR count). The SMILES string of the molecule is C1CNCC(CCOCC2CCC3(CCCC3)O2)C1. The molecule has 3 heteroatoms. The molecule has 1 spiro atoms. The first kappa shape index (κ1) is 13.8. The molecule has 2 unspecified atom stereocenters.